The summed E-state index contributed by atoms with van der Waals surface area (Å²) < 4.78 is 27.0. The highest BCUT2D eigenvalue weighted by Gasteiger charge is 2.51. The zero-order chi connectivity index (χ0) is 18.7. The maximum absolute atomic E-state index is 13.0. The summed E-state index contributed by atoms with van der Waals surface area (Å²) in [7, 11) is -3.83. The summed E-state index contributed by atoms with van der Waals surface area (Å²) in [5, 5.41) is -1.05. The zero-order valence-corrected chi connectivity index (χ0v) is 15.6. The zero-order valence-electron chi connectivity index (χ0n) is 14.7. The van der Waals surface area contributed by atoms with Crippen molar-refractivity contribution < 1.29 is 13.2 Å². The van der Waals surface area contributed by atoms with Gasteiger partial charge >= 0.3 is 0 Å². The summed E-state index contributed by atoms with van der Waals surface area (Å²) in [6.45, 7) is 3.73. The van der Waals surface area contributed by atoms with Gasteiger partial charge in [0, 0.05) is 25.0 Å². The maximum Gasteiger partial charge on any atom is 0.283 e. The second-order valence-corrected chi connectivity index (χ2v) is 8.30. The molecule has 0 spiro atoms. The van der Waals surface area contributed by atoms with Gasteiger partial charge in [0.05, 0.1) is 0 Å². The molecule has 1 aliphatic heterocycles. The molecule has 1 aromatic heterocycles. The van der Waals surface area contributed by atoms with E-state index in [0.717, 1.165) is 9.87 Å². The van der Waals surface area contributed by atoms with E-state index in [4.69, 9.17) is 0 Å². The highest BCUT2D eigenvalue weighted by molar-refractivity contribution is 7.91. The van der Waals surface area contributed by atoms with Crippen LogP contribution in [-0.2, 0) is 21.2 Å². The van der Waals surface area contributed by atoms with Crippen LogP contribution < -0.4 is 0 Å². The number of nitrogens with zero attached hydrogens (tertiary/aromatic N) is 3. The first-order valence-electron chi connectivity index (χ1n) is 8.48. The van der Waals surface area contributed by atoms with E-state index in [1.807, 2.05) is 18.2 Å². The number of hydrogen-bond donors (Lipinski definition) is 0. The van der Waals surface area contributed by atoms with Crippen LogP contribution in [-0.4, -0.2) is 41.9 Å². The molecular formula is C19H21N3O3S. The third-order valence-corrected chi connectivity index (χ3v) is 6.47. The van der Waals surface area contributed by atoms with Gasteiger partial charge in [0.1, 0.15) is 5.71 Å². The summed E-state index contributed by atoms with van der Waals surface area (Å²) in [6.07, 6.45) is 4.00. The standard InChI is InChI=1S/C19H21N3O3S/c1-14(2)22-19(23)17(21-13-10-15-8-11-20-12-9-15)18(26(22,24)25)16-6-4-3-5-7-16/h3-9,11-12,14,18H,10,13H2,1-2H3. The van der Waals surface area contributed by atoms with Crippen LogP contribution in [0, 0.1) is 0 Å². The minimum Gasteiger partial charge on any atom is -0.282 e. The Morgan fingerprint density at radius 3 is 2.38 bits per heavy atom. The van der Waals surface area contributed by atoms with Gasteiger partial charge in [0.25, 0.3) is 15.9 Å². The molecule has 1 amide bonds. The summed E-state index contributed by atoms with van der Waals surface area (Å²) in [4.78, 5) is 21.2. The van der Waals surface area contributed by atoms with Crippen molar-refractivity contribution in [3.8, 4) is 0 Å². The van der Waals surface area contributed by atoms with Crippen molar-refractivity contribution in [3.05, 3.63) is 66.0 Å². The van der Waals surface area contributed by atoms with Gasteiger partial charge in [-0.1, -0.05) is 30.3 Å². The van der Waals surface area contributed by atoms with E-state index in [-0.39, 0.29) is 5.71 Å². The molecule has 2 aromatic rings. The van der Waals surface area contributed by atoms with Crippen LogP contribution in [0.5, 0.6) is 0 Å². The predicted octanol–water partition coefficient (Wildman–Crippen LogP) is 2.39. The second kappa shape index (κ2) is 7.37. The molecule has 1 aliphatic rings. The van der Waals surface area contributed by atoms with Crippen LogP contribution in [0.3, 0.4) is 0 Å². The van der Waals surface area contributed by atoms with Crippen LogP contribution in [0.15, 0.2) is 59.9 Å². The largest absolute Gasteiger partial charge is 0.283 e. The Morgan fingerprint density at radius 1 is 1.12 bits per heavy atom. The van der Waals surface area contributed by atoms with Crippen molar-refractivity contribution in [2.45, 2.75) is 31.6 Å². The predicted molar refractivity (Wildman–Crippen MR) is 100 cm³/mol. The summed E-state index contributed by atoms with van der Waals surface area (Å²) in [5.41, 5.74) is 1.69. The number of hydrogen-bond acceptors (Lipinski definition) is 5. The normalized spacial score (nSPS) is 20.9. The van der Waals surface area contributed by atoms with E-state index in [1.54, 1.807) is 50.5 Å². The first-order chi connectivity index (χ1) is 12.4. The molecule has 6 nitrogen and oxygen atoms in total. The first-order valence-corrected chi connectivity index (χ1v) is 9.99. The smallest absolute Gasteiger partial charge is 0.282 e. The minimum atomic E-state index is -3.83. The van der Waals surface area contributed by atoms with E-state index in [1.165, 1.54) is 0 Å². The van der Waals surface area contributed by atoms with E-state index in [0.29, 0.717) is 18.5 Å². The van der Waals surface area contributed by atoms with E-state index < -0.39 is 27.2 Å². The molecule has 0 N–H and O–H groups in total. The van der Waals surface area contributed by atoms with E-state index >= 15 is 0 Å². The summed E-state index contributed by atoms with van der Waals surface area (Å²) >= 11 is 0. The Balaban J connectivity index is 1.97. The third kappa shape index (κ3) is 3.39. The van der Waals surface area contributed by atoms with Crippen LogP contribution in [0.1, 0.15) is 30.2 Å². The average Bonchev–Trinajstić information content (AvgIpc) is 2.82. The van der Waals surface area contributed by atoms with Gasteiger partial charge in [-0.15, -0.1) is 0 Å². The fourth-order valence-electron chi connectivity index (χ4n) is 3.09. The number of sulfonamides is 1. The summed E-state index contributed by atoms with van der Waals surface area (Å²) in [5.74, 6) is -0.524. The van der Waals surface area contributed by atoms with Crippen LogP contribution in [0.2, 0.25) is 0 Å². The van der Waals surface area contributed by atoms with Gasteiger partial charge in [0.2, 0.25) is 0 Å². The quantitative estimate of drug-likeness (QED) is 0.808. The highest BCUT2D eigenvalue weighted by atomic mass is 32.2. The lowest BCUT2D eigenvalue weighted by Crippen LogP contribution is -2.37. The topological polar surface area (TPSA) is 79.7 Å². The Kier molecular flexibility index (Phi) is 5.18. The molecule has 1 aromatic carbocycles. The molecule has 0 radical (unpaired) electrons. The molecule has 1 fully saturated rings. The molecule has 3 rings (SSSR count). The highest BCUT2D eigenvalue weighted by Crippen LogP contribution is 2.35. The van der Waals surface area contributed by atoms with Crippen molar-refractivity contribution in [2.24, 2.45) is 4.99 Å². The molecule has 1 atom stereocenters. The van der Waals surface area contributed by atoms with Crippen molar-refractivity contribution >= 4 is 21.6 Å². The molecular weight excluding hydrogens is 350 g/mol. The van der Waals surface area contributed by atoms with E-state index in [2.05, 4.69) is 9.98 Å². The van der Waals surface area contributed by atoms with Crippen molar-refractivity contribution in [2.75, 3.05) is 6.54 Å². The number of aliphatic imine (C=N–C) groups is 1. The lowest BCUT2D eigenvalue weighted by atomic mass is 10.1. The van der Waals surface area contributed by atoms with Gasteiger partial charge in [-0.05, 0) is 43.5 Å². The summed E-state index contributed by atoms with van der Waals surface area (Å²) in [6, 6.07) is 12.1. The van der Waals surface area contributed by atoms with Crippen molar-refractivity contribution in [1.29, 1.82) is 0 Å². The van der Waals surface area contributed by atoms with Crippen LogP contribution >= 0.6 is 0 Å². The van der Waals surface area contributed by atoms with Gasteiger partial charge in [-0.3, -0.25) is 14.8 Å². The monoisotopic (exact) mass is 371 g/mol. The van der Waals surface area contributed by atoms with Crippen LogP contribution in [0.4, 0.5) is 0 Å². The molecule has 136 valence electrons. The molecule has 1 saturated heterocycles. The first kappa shape index (κ1) is 18.3. The van der Waals surface area contributed by atoms with E-state index in [9.17, 15) is 13.2 Å². The number of rotatable bonds is 5. The number of amides is 1. The molecule has 0 saturated carbocycles. The Hall–Kier alpha value is -2.54. The average molecular weight is 371 g/mol. The molecule has 26 heavy (non-hydrogen) atoms. The molecule has 7 heteroatoms. The fourth-order valence-corrected chi connectivity index (χ4v) is 5.18. The molecule has 2 heterocycles. The van der Waals surface area contributed by atoms with Gasteiger partial charge in [-0.25, -0.2) is 12.7 Å². The number of carbonyl (C=O) groups is 1. The van der Waals surface area contributed by atoms with Gasteiger partial charge < -0.3 is 0 Å². The lowest BCUT2D eigenvalue weighted by Gasteiger charge is -2.19. The van der Waals surface area contributed by atoms with Gasteiger partial charge in [-0.2, -0.15) is 0 Å². The van der Waals surface area contributed by atoms with Crippen LogP contribution in [0.25, 0.3) is 0 Å². The minimum absolute atomic E-state index is 0.0963. The number of benzene rings is 1. The Labute approximate surface area is 153 Å². The SMILES string of the molecule is CC(C)N1C(=O)C(=NCCc2ccncc2)C(c2ccccc2)S1(=O)=O. The molecule has 1 unspecified atom stereocenters. The van der Waals surface area contributed by atoms with Crippen molar-refractivity contribution in [3.63, 3.8) is 0 Å². The third-order valence-electron chi connectivity index (χ3n) is 4.24. The lowest BCUT2D eigenvalue weighted by molar-refractivity contribution is -0.120. The number of aromatic nitrogens is 1. The maximum atomic E-state index is 13.0. The number of pyridine rings is 1. The Bertz CT molecular complexity index is 910. The van der Waals surface area contributed by atoms with Crippen molar-refractivity contribution in [1.82, 2.24) is 9.29 Å². The van der Waals surface area contributed by atoms with Gasteiger partial charge in [0.15, 0.2) is 5.25 Å². The second-order valence-electron chi connectivity index (χ2n) is 6.40. The Morgan fingerprint density at radius 2 is 1.77 bits per heavy atom. The number of carbonyl (C=O) groups excluding carboxylic acids is 1. The molecule has 0 aliphatic carbocycles. The molecule has 0 bridgehead atoms. The fraction of sp³-hybridized carbons (Fsp3) is 0.316.